The van der Waals surface area contributed by atoms with Gasteiger partial charge in [0.05, 0.1) is 0 Å². The van der Waals surface area contributed by atoms with E-state index in [-0.39, 0.29) is 25.0 Å². The lowest BCUT2D eigenvalue weighted by Crippen LogP contribution is -2.21. The fourth-order valence-electron chi connectivity index (χ4n) is 2.65. The van der Waals surface area contributed by atoms with Gasteiger partial charge in [0.15, 0.2) is 13.2 Å². The van der Waals surface area contributed by atoms with Crippen LogP contribution in [0.5, 0.6) is 11.5 Å². The number of carbonyl (C=O) groups excluding carboxylic acids is 2. The van der Waals surface area contributed by atoms with Crippen LogP contribution in [0.25, 0.3) is 0 Å². The number of hydrogen-bond acceptors (Lipinski definition) is 4. The van der Waals surface area contributed by atoms with E-state index in [9.17, 15) is 9.59 Å². The largest absolute Gasteiger partial charge is 0.484 e. The average Bonchev–Trinajstić information content (AvgIpc) is 2.73. The lowest BCUT2D eigenvalue weighted by molar-refractivity contribution is -0.118. The first-order valence-corrected chi connectivity index (χ1v) is 10.1. The molecule has 2 amide bonds. The van der Waals surface area contributed by atoms with E-state index in [1.165, 1.54) is 0 Å². The minimum atomic E-state index is -0.298. The van der Waals surface area contributed by atoms with E-state index in [1.54, 1.807) is 42.5 Å². The van der Waals surface area contributed by atoms with Crippen LogP contribution in [-0.4, -0.2) is 25.0 Å². The van der Waals surface area contributed by atoms with Gasteiger partial charge in [-0.3, -0.25) is 9.59 Å². The molecule has 0 atom stereocenters. The molecule has 0 aliphatic heterocycles. The number of hydrogen-bond donors (Lipinski definition) is 2. The molecule has 0 radical (unpaired) electrons. The topological polar surface area (TPSA) is 76.7 Å². The van der Waals surface area contributed by atoms with Crippen LogP contribution in [0.2, 0.25) is 0 Å². The van der Waals surface area contributed by atoms with E-state index in [0.717, 1.165) is 10.0 Å². The van der Waals surface area contributed by atoms with Crippen LogP contribution >= 0.6 is 15.9 Å². The van der Waals surface area contributed by atoms with Gasteiger partial charge in [0.2, 0.25) is 0 Å². The fraction of sp³-hybridized carbons (Fsp3) is 0.130. The van der Waals surface area contributed by atoms with Gasteiger partial charge in [-0.05, 0) is 61.0 Å². The van der Waals surface area contributed by atoms with Gasteiger partial charge in [-0.2, -0.15) is 0 Å². The maximum absolute atomic E-state index is 12.2. The van der Waals surface area contributed by atoms with Crippen molar-refractivity contribution in [1.82, 2.24) is 0 Å². The number of rotatable bonds is 8. The SMILES string of the molecule is Cc1cc(Br)ccc1OCC(=O)Nc1cccc(NC(=O)COc2ccccc2)c1. The lowest BCUT2D eigenvalue weighted by Gasteiger charge is -2.11. The van der Waals surface area contributed by atoms with E-state index < -0.39 is 0 Å². The number of para-hydroxylation sites is 1. The molecule has 2 N–H and O–H groups in total. The molecule has 0 fully saturated rings. The zero-order valence-corrected chi connectivity index (χ0v) is 17.9. The normalized spacial score (nSPS) is 10.2. The summed E-state index contributed by atoms with van der Waals surface area (Å²) in [5, 5.41) is 5.50. The molecule has 30 heavy (non-hydrogen) atoms. The molecular weight excluding hydrogens is 448 g/mol. The smallest absolute Gasteiger partial charge is 0.262 e. The molecule has 0 saturated heterocycles. The monoisotopic (exact) mass is 468 g/mol. The Morgan fingerprint density at radius 1 is 0.800 bits per heavy atom. The van der Waals surface area contributed by atoms with Crippen molar-refractivity contribution in [2.75, 3.05) is 23.8 Å². The highest BCUT2D eigenvalue weighted by atomic mass is 79.9. The number of ether oxygens (including phenoxy) is 2. The molecule has 0 spiro atoms. The van der Waals surface area contributed by atoms with Gasteiger partial charge < -0.3 is 20.1 Å². The summed E-state index contributed by atoms with van der Waals surface area (Å²) in [6.07, 6.45) is 0. The zero-order valence-electron chi connectivity index (χ0n) is 16.4. The first kappa shape index (κ1) is 21.4. The van der Waals surface area contributed by atoms with Crippen LogP contribution in [0.15, 0.2) is 77.3 Å². The Bertz CT molecular complexity index is 1020. The summed E-state index contributed by atoms with van der Waals surface area (Å²) >= 11 is 3.39. The molecule has 0 heterocycles. The Morgan fingerprint density at radius 2 is 1.43 bits per heavy atom. The Hall–Kier alpha value is -3.32. The van der Waals surface area contributed by atoms with Crippen LogP contribution in [0, 0.1) is 6.92 Å². The predicted molar refractivity (Wildman–Crippen MR) is 120 cm³/mol. The first-order valence-electron chi connectivity index (χ1n) is 9.26. The first-order chi connectivity index (χ1) is 14.5. The van der Waals surface area contributed by atoms with Crippen molar-refractivity contribution in [2.45, 2.75) is 6.92 Å². The van der Waals surface area contributed by atoms with Crippen molar-refractivity contribution >= 4 is 39.1 Å². The van der Waals surface area contributed by atoms with Crippen molar-refractivity contribution in [1.29, 1.82) is 0 Å². The molecule has 154 valence electrons. The summed E-state index contributed by atoms with van der Waals surface area (Å²) in [4.78, 5) is 24.3. The average molecular weight is 469 g/mol. The highest BCUT2D eigenvalue weighted by molar-refractivity contribution is 9.10. The Kier molecular flexibility index (Phi) is 7.45. The van der Waals surface area contributed by atoms with Crippen LogP contribution in [0.4, 0.5) is 11.4 Å². The Labute approximate surface area is 183 Å². The summed E-state index contributed by atoms with van der Waals surface area (Å²) < 4.78 is 11.9. The zero-order chi connectivity index (χ0) is 21.3. The molecule has 0 saturated carbocycles. The van der Waals surface area contributed by atoms with Crippen LogP contribution in [0.3, 0.4) is 0 Å². The second-order valence-electron chi connectivity index (χ2n) is 6.48. The summed E-state index contributed by atoms with van der Waals surface area (Å²) in [6, 6.07) is 21.6. The van der Waals surface area contributed by atoms with Crippen LogP contribution in [-0.2, 0) is 9.59 Å². The minimum absolute atomic E-state index is 0.110. The van der Waals surface area contributed by atoms with Crippen molar-refractivity contribution in [3.63, 3.8) is 0 Å². The highest BCUT2D eigenvalue weighted by Gasteiger charge is 2.08. The maximum Gasteiger partial charge on any atom is 0.262 e. The van der Waals surface area contributed by atoms with Crippen molar-refractivity contribution in [3.8, 4) is 11.5 Å². The van der Waals surface area contributed by atoms with Gasteiger partial charge in [0.1, 0.15) is 11.5 Å². The molecule has 3 aromatic rings. The Balaban J connectivity index is 1.49. The van der Waals surface area contributed by atoms with Gasteiger partial charge in [-0.1, -0.05) is 40.2 Å². The molecule has 7 heteroatoms. The fourth-order valence-corrected chi connectivity index (χ4v) is 3.13. The van der Waals surface area contributed by atoms with Gasteiger partial charge in [-0.25, -0.2) is 0 Å². The lowest BCUT2D eigenvalue weighted by atomic mass is 10.2. The highest BCUT2D eigenvalue weighted by Crippen LogP contribution is 2.22. The Morgan fingerprint density at radius 3 is 2.07 bits per heavy atom. The molecule has 3 rings (SSSR count). The van der Waals surface area contributed by atoms with Gasteiger partial charge in [-0.15, -0.1) is 0 Å². The molecule has 0 aromatic heterocycles. The van der Waals surface area contributed by atoms with Crippen LogP contribution in [0.1, 0.15) is 5.56 Å². The molecular formula is C23H21BrN2O4. The summed E-state index contributed by atoms with van der Waals surface area (Å²) in [6.45, 7) is 1.68. The molecule has 0 bridgehead atoms. The third-order valence-electron chi connectivity index (χ3n) is 4.04. The molecule has 0 aliphatic rings. The standard InChI is InChI=1S/C23H21BrN2O4/c1-16-12-17(24)10-11-21(16)30-15-23(28)26-19-7-5-6-18(13-19)25-22(27)14-29-20-8-3-2-4-9-20/h2-13H,14-15H2,1H3,(H,25,27)(H,26,28). The van der Waals surface area contributed by atoms with E-state index >= 15 is 0 Å². The maximum atomic E-state index is 12.2. The van der Waals surface area contributed by atoms with Gasteiger partial charge >= 0.3 is 0 Å². The number of benzene rings is 3. The van der Waals surface area contributed by atoms with Crippen molar-refractivity contribution in [3.05, 3.63) is 82.8 Å². The van der Waals surface area contributed by atoms with E-state index in [4.69, 9.17) is 9.47 Å². The number of anilines is 2. The summed E-state index contributed by atoms with van der Waals surface area (Å²) in [5.74, 6) is 0.673. The van der Waals surface area contributed by atoms with E-state index in [2.05, 4.69) is 26.6 Å². The number of aryl methyl sites for hydroxylation is 1. The van der Waals surface area contributed by atoms with Crippen molar-refractivity contribution in [2.24, 2.45) is 0 Å². The van der Waals surface area contributed by atoms with Crippen molar-refractivity contribution < 1.29 is 19.1 Å². The quantitative estimate of drug-likeness (QED) is 0.498. The van der Waals surface area contributed by atoms with Gasteiger partial charge in [0.25, 0.3) is 11.8 Å². The second kappa shape index (κ2) is 10.5. The number of halogens is 1. The molecule has 0 unspecified atom stereocenters. The third kappa shape index (κ3) is 6.63. The summed E-state index contributed by atoms with van der Waals surface area (Å²) in [7, 11) is 0. The molecule has 0 aliphatic carbocycles. The van der Waals surface area contributed by atoms with E-state index in [0.29, 0.717) is 22.9 Å². The van der Waals surface area contributed by atoms with E-state index in [1.807, 2.05) is 37.3 Å². The molecule has 3 aromatic carbocycles. The second-order valence-corrected chi connectivity index (χ2v) is 7.39. The number of nitrogens with one attached hydrogen (secondary N) is 2. The van der Waals surface area contributed by atoms with Crippen LogP contribution < -0.4 is 20.1 Å². The molecule has 6 nitrogen and oxygen atoms in total. The third-order valence-corrected chi connectivity index (χ3v) is 4.53. The minimum Gasteiger partial charge on any atom is -0.484 e. The van der Waals surface area contributed by atoms with Gasteiger partial charge in [0, 0.05) is 15.8 Å². The summed E-state index contributed by atoms with van der Waals surface area (Å²) in [5.41, 5.74) is 2.04. The number of carbonyl (C=O) groups is 2. The predicted octanol–water partition coefficient (Wildman–Crippen LogP) is 4.79. The number of amides is 2.